The minimum absolute atomic E-state index is 0.173. The third-order valence-corrected chi connectivity index (χ3v) is 4.40. The SMILES string of the molecule is O=C(NCc1ccccc1)c1cccc(Oc2ncnc3cc(Cl)ccc23)c1. The Hall–Kier alpha value is -3.44. The molecule has 6 heteroatoms. The van der Waals surface area contributed by atoms with Gasteiger partial charge in [0.15, 0.2) is 0 Å². The number of nitrogens with zero attached hydrogens (tertiary/aromatic N) is 2. The zero-order valence-corrected chi connectivity index (χ0v) is 15.6. The van der Waals surface area contributed by atoms with Gasteiger partial charge >= 0.3 is 0 Å². The normalized spacial score (nSPS) is 10.6. The van der Waals surface area contributed by atoms with Gasteiger partial charge in [0.05, 0.1) is 10.9 Å². The molecule has 4 rings (SSSR count). The van der Waals surface area contributed by atoms with Crippen molar-refractivity contribution in [3.8, 4) is 11.6 Å². The number of fused-ring (bicyclic) bond motifs is 1. The lowest BCUT2D eigenvalue weighted by Crippen LogP contribution is -2.22. The maximum Gasteiger partial charge on any atom is 0.251 e. The molecule has 0 aliphatic carbocycles. The molecule has 1 amide bonds. The molecule has 0 aliphatic rings. The van der Waals surface area contributed by atoms with E-state index < -0.39 is 0 Å². The van der Waals surface area contributed by atoms with Crippen LogP contribution < -0.4 is 10.1 Å². The number of halogens is 1. The molecule has 0 saturated heterocycles. The molecule has 138 valence electrons. The Bertz CT molecular complexity index is 1130. The van der Waals surface area contributed by atoms with Crippen LogP contribution in [0.15, 0.2) is 79.1 Å². The first kappa shape index (κ1) is 17.9. The molecular formula is C22H16ClN3O2. The van der Waals surface area contributed by atoms with E-state index in [1.165, 1.54) is 6.33 Å². The van der Waals surface area contributed by atoms with Crippen LogP contribution in [0.3, 0.4) is 0 Å². The third-order valence-electron chi connectivity index (χ3n) is 4.17. The van der Waals surface area contributed by atoms with Crippen LogP contribution in [0, 0.1) is 0 Å². The number of hydrogen-bond acceptors (Lipinski definition) is 4. The molecular weight excluding hydrogens is 374 g/mol. The number of aromatic nitrogens is 2. The number of rotatable bonds is 5. The van der Waals surface area contributed by atoms with Crippen LogP contribution in [0.4, 0.5) is 0 Å². The summed E-state index contributed by atoms with van der Waals surface area (Å²) in [7, 11) is 0. The Labute approximate surface area is 167 Å². The molecule has 1 heterocycles. The van der Waals surface area contributed by atoms with E-state index in [9.17, 15) is 4.79 Å². The second-order valence-electron chi connectivity index (χ2n) is 6.14. The fraction of sp³-hybridized carbons (Fsp3) is 0.0455. The standard InChI is InChI=1S/C22H16ClN3O2/c23-17-9-10-19-20(12-17)25-14-26-22(19)28-18-8-4-7-16(11-18)21(27)24-13-15-5-2-1-3-6-15/h1-12,14H,13H2,(H,24,27). The fourth-order valence-corrected chi connectivity index (χ4v) is 2.95. The lowest BCUT2D eigenvalue weighted by molar-refractivity contribution is 0.0950. The average molecular weight is 390 g/mol. The topological polar surface area (TPSA) is 64.1 Å². The molecule has 0 fully saturated rings. The summed E-state index contributed by atoms with van der Waals surface area (Å²) in [5.41, 5.74) is 2.23. The lowest BCUT2D eigenvalue weighted by Gasteiger charge is -2.09. The van der Waals surface area contributed by atoms with Crippen LogP contribution in [0.2, 0.25) is 5.02 Å². The molecule has 0 saturated carbocycles. The summed E-state index contributed by atoms with van der Waals surface area (Å²) in [6.07, 6.45) is 1.42. The van der Waals surface area contributed by atoms with Gasteiger partial charge in [-0.25, -0.2) is 9.97 Å². The van der Waals surface area contributed by atoms with E-state index >= 15 is 0 Å². The number of hydrogen-bond donors (Lipinski definition) is 1. The van der Waals surface area contributed by atoms with Crippen molar-refractivity contribution in [3.05, 3.63) is 95.3 Å². The molecule has 0 aliphatic heterocycles. The predicted octanol–water partition coefficient (Wildman–Crippen LogP) is 5.01. The fourth-order valence-electron chi connectivity index (χ4n) is 2.78. The molecule has 3 aromatic carbocycles. The second kappa shape index (κ2) is 8.06. The Morgan fingerprint density at radius 1 is 0.964 bits per heavy atom. The Morgan fingerprint density at radius 2 is 1.82 bits per heavy atom. The Balaban J connectivity index is 1.52. The van der Waals surface area contributed by atoms with E-state index in [-0.39, 0.29) is 5.91 Å². The van der Waals surface area contributed by atoms with Gasteiger partial charge in [0.25, 0.3) is 5.91 Å². The molecule has 1 aromatic heterocycles. The van der Waals surface area contributed by atoms with E-state index in [1.54, 1.807) is 36.4 Å². The predicted molar refractivity (Wildman–Crippen MR) is 109 cm³/mol. The zero-order valence-electron chi connectivity index (χ0n) is 14.8. The monoisotopic (exact) mass is 389 g/mol. The van der Waals surface area contributed by atoms with Crippen molar-refractivity contribution in [2.75, 3.05) is 0 Å². The van der Waals surface area contributed by atoms with E-state index in [0.29, 0.717) is 34.3 Å². The van der Waals surface area contributed by atoms with Gasteiger partial charge in [-0.1, -0.05) is 48.0 Å². The summed E-state index contributed by atoms with van der Waals surface area (Å²) in [6, 6.07) is 22.0. The van der Waals surface area contributed by atoms with E-state index in [4.69, 9.17) is 16.3 Å². The zero-order chi connectivity index (χ0) is 19.3. The van der Waals surface area contributed by atoms with Crippen LogP contribution >= 0.6 is 11.6 Å². The average Bonchev–Trinajstić information content (AvgIpc) is 2.73. The van der Waals surface area contributed by atoms with Crippen molar-refractivity contribution < 1.29 is 9.53 Å². The van der Waals surface area contributed by atoms with Gasteiger partial charge in [-0.3, -0.25) is 4.79 Å². The largest absolute Gasteiger partial charge is 0.438 e. The smallest absolute Gasteiger partial charge is 0.251 e. The van der Waals surface area contributed by atoms with Gasteiger partial charge in [0.2, 0.25) is 5.88 Å². The molecule has 0 unspecified atom stereocenters. The maximum absolute atomic E-state index is 12.5. The second-order valence-corrected chi connectivity index (χ2v) is 6.57. The van der Waals surface area contributed by atoms with Gasteiger partial charge < -0.3 is 10.1 Å². The van der Waals surface area contributed by atoms with Gasteiger partial charge in [0.1, 0.15) is 12.1 Å². The van der Waals surface area contributed by atoms with E-state index in [2.05, 4.69) is 15.3 Å². The molecule has 0 radical (unpaired) electrons. The molecule has 0 spiro atoms. The summed E-state index contributed by atoms with van der Waals surface area (Å²) in [5, 5.41) is 4.24. The van der Waals surface area contributed by atoms with Crippen molar-refractivity contribution in [2.24, 2.45) is 0 Å². The first-order valence-electron chi connectivity index (χ1n) is 8.69. The van der Waals surface area contributed by atoms with Gasteiger partial charge in [-0.2, -0.15) is 0 Å². The van der Waals surface area contributed by atoms with Gasteiger partial charge in [0, 0.05) is 17.1 Å². The summed E-state index contributed by atoms with van der Waals surface area (Å²) in [4.78, 5) is 20.9. The number of ether oxygens (including phenoxy) is 1. The van der Waals surface area contributed by atoms with Crippen molar-refractivity contribution >= 4 is 28.4 Å². The van der Waals surface area contributed by atoms with Crippen molar-refractivity contribution in [1.82, 2.24) is 15.3 Å². The molecule has 28 heavy (non-hydrogen) atoms. The highest BCUT2D eigenvalue weighted by atomic mass is 35.5. The summed E-state index contributed by atoms with van der Waals surface area (Å²) in [6.45, 7) is 0.460. The van der Waals surface area contributed by atoms with Crippen LogP contribution in [0.5, 0.6) is 11.6 Å². The quantitative estimate of drug-likeness (QED) is 0.521. The summed E-state index contributed by atoms with van der Waals surface area (Å²) in [5.74, 6) is 0.749. The molecule has 4 aromatic rings. The summed E-state index contributed by atoms with van der Waals surface area (Å²) >= 11 is 6.02. The molecule has 0 atom stereocenters. The maximum atomic E-state index is 12.5. The van der Waals surface area contributed by atoms with Gasteiger partial charge in [-0.15, -0.1) is 0 Å². The van der Waals surface area contributed by atoms with Gasteiger partial charge in [-0.05, 0) is 42.0 Å². The molecule has 0 bridgehead atoms. The Kier molecular flexibility index (Phi) is 5.17. The first-order chi connectivity index (χ1) is 13.7. The minimum atomic E-state index is -0.173. The van der Waals surface area contributed by atoms with Crippen LogP contribution in [0.25, 0.3) is 10.9 Å². The highest BCUT2D eigenvalue weighted by Gasteiger charge is 2.10. The van der Waals surface area contributed by atoms with Crippen LogP contribution in [-0.4, -0.2) is 15.9 Å². The number of amides is 1. The summed E-state index contributed by atoms with van der Waals surface area (Å²) < 4.78 is 5.91. The molecule has 5 nitrogen and oxygen atoms in total. The van der Waals surface area contributed by atoms with Crippen molar-refractivity contribution in [1.29, 1.82) is 0 Å². The Morgan fingerprint density at radius 3 is 2.68 bits per heavy atom. The van der Waals surface area contributed by atoms with Crippen LogP contribution in [-0.2, 0) is 6.54 Å². The highest BCUT2D eigenvalue weighted by molar-refractivity contribution is 6.31. The lowest BCUT2D eigenvalue weighted by atomic mass is 10.2. The highest BCUT2D eigenvalue weighted by Crippen LogP contribution is 2.28. The van der Waals surface area contributed by atoms with E-state index in [1.807, 2.05) is 36.4 Å². The van der Waals surface area contributed by atoms with E-state index in [0.717, 1.165) is 10.9 Å². The molecule has 1 N–H and O–H groups in total. The van der Waals surface area contributed by atoms with Crippen LogP contribution in [0.1, 0.15) is 15.9 Å². The number of nitrogens with one attached hydrogen (secondary N) is 1. The van der Waals surface area contributed by atoms with Crippen molar-refractivity contribution in [2.45, 2.75) is 6.54 Å². The number of carbonyl (C=O) groups excluding carboxylic acids is 1. The van der Waals surface area contributed by atoms with Crippen molar-refractivity contribution in [3.63, 3.8) is 0 Å². The number of carbonyl (C=O) groups is 1. The number of benzene rings is 3. The minimum Gasteiger partial charge on any atom is -0.438 e. The third kappa shape index (κ3) is 4.10. The first-order valence-corrected chi connectivity index (χ1v) is 9.07.